The summed E-state index contributed by atoms with van der Waals surface area (Å²) in [6.07, 6.45) is 0.776. The molecule has 2 N–H and O–H groups in total. The Hall–Kier alpha value is -1.33. The number of nitrogen functional groups attached to an aromatic ring is 1. The summed E-state index contributed by atoms with van der Waals surface area (Å²) in [5.41, 5.74) is 8.73. The highest BCUT2D eigenvalue weighted by atomic mass is 79.9. The van der Waals surface area contributed by atoms with Crippen molar-refractivity contribution in [2.75, 3.05) is 12.3 Å². The number of benzene rings is 1. The third kappa shape index (κ3) is 2.74. The molecule has 0 radical (unpaired) electrons. The minimum absolute atomic E-state index is 0.344. The third-order valence-corrected chi connectivity index (χ3v) is 4.93. The average molecular weight is 354 g/mol. The molecule has 0 atom stereocenters. The van der Waals surface area contributed by atoms with Crippen molar-refractivity contribution in [2.24, 2.45) is 0 Å². The Bertz CT molecular complexity index is 637. The van der Waals surface area contributed by atoms with Gasteiger partial charge in [0.25, 0.3) is 0 Å². The zero-order valence-electron chi connectivity index (χ0n) is 11.4. The van der Waals surface area contributed by atoms with Crippen LogP contribution in [0.1, 0.15) is 29.1 Å². The van der Waals surface area contributed by atoms with E-state index < -0.39 is 0 Å². The third-order valence-electron chi connectivity index (χ3n) is 2.98. The predicted octanol–water partition coefficient (Wildman–Crippen LogP) is 4.50. The molecule has 0 bridgehead atoms. The Balaban J connectivity index is 2.57. The van der Waals surface area contributed by atoms with E-state index in [1.165, 1.54) is 11.3 Å². The van der Waals surface area contributed by atoms with Crippen molar-refractivity contribution < 1.29 is 9.53 Å². The monoisotopic (exact) mass is 353 g/mol. The van der Waals surface area contributed by atoms with E-state index >= 15 is 0 Å². The number of carbonyl (C=O) groups is 1. The summed E-state index contributed by atoms with van der Waals surface area (Å²) in [6.45, 7) is 4.17. The number of nitrogens with two attached hydrogens (primary N) is 1. The van der Waals surface area contributed by atoms with Gasteiger partial charge < -0.3 is 10.5 Å². The second-order valence-electron chi connectivity index (χ2n) is 4.21. The van der Waals surface area contributed by atoms with Gasteiger partial charge >= 0.3 is 5.97 Å². The van der Waals surface area contributed by atoms with E-state index in [9.17, 15) is 4.79 Å². The second kappa shape index (κ2) is 6.41. The molecule has 2 aromatic rings. The summed E-state index contributed by atoms with van der Waals surface area (Å²) in [6, 6.07) is 7.93. The first-order valence-corrected chi connectivity index (χ1v) is 8.04. The summed E-state index contributed by atoms with van der Waals surface area (Å²) >= 11 is 4.94. The maximum Gasteiger partial charge on any atom is 0.350 e. The Labute approximate surface area is 130 Å². The topological polar surface area (TPSA) is 52.3 Å². The van der Waals surface area contributed by atoms with Gasteiger partial charge in [-0.25, -0.2) is 4.79 Å². The Morgan fingerprint density at radius 3 is 2.65 bits per heavy atom. The van der Waals surface area contributed by atoms with E-state index in [-0.39, 0.29) is 5.97 Å². The molecule has 1 aromatic heterocycles. The van der Waals surface area contributed by atoms with Gasteiger partial charge in [-0.15, -0.1) is 11.3 Å². The van der Waals surface area contributed by atoms with Crippen LogP contribution in [-0.4, -0.2) is 12.6 Å². The summed E-state index contributed by atoms with van der Waals surface area (Å²) in [7, 11) is 0. The van der Waals surface area contributed by atoms with E-state index in [0.29, 0.717) is 17.2 Å². The second-order valence-corrected chi connectivity index (χ2v) is 6.08. The zero-order chi connectivity index (χ0) is 14.7. The fourth-order valence-corrected chi connectivity index (χ4v) is 3.90. The number of halogens is 1. The summed E-state index contributed by atoms with van der Waals surface area (Å²) in [4.78, 5) is 13.5. The van der Waals surface area contributed by atoms with E-state index in [1.807, 2.05) is 31.2 Å². The lowest BCUT2D eigenvalue weighted by molar-refractivity contribution is 0.0533. The van der Waals surface area contributed by atoms with Crippen LogP contribution in [0.25, 0.3) is 10.4 Å². The lowest BCUT2D eigenvalue weighted by atomic mass is 10.1. The van der Waals surface area contributed by atoms with Crippen molar-refractivity contribution in [3.8, 4) is 10.4 Å². The van der Waals surface area contributed by atoms with E-state index in [0.717, 1.165) is 26.9 Å². The maximum atomic E-state index is 12.0. The Kier molecular flexibility index (Phi) is 4.83. The number of anilines is 1. The normalized spacial score (nSPS) is 10.6. The molecule has 2 rings (SSSR count). The smallest absolute Gasteiger partial charge is 0.350 e. The molecule has 1 aromatic carbocycles. The maximum absolute atomic E-state index is 12.0. The zero-order valence-corrected chi connectivity index (χ0v) is 13.8. The van der Waals surface area contributed by atoms with Gasteiger partial charge in [0.15, 0.2) is 0 Å². The number of hydrogen-bond donors (Lipinski definition) is 1. The fraction of sp³-hybridized carbons (Fsp3) is 0.267. The van der Waals surface area contributed by atoms with Crippen molar-refractivity contribution in [3.05, 3.63) is 39.2 Å². The first-order chi connectivity index (χ1) is 9.60. The minimum atomic E-state index is -0.344. The fourth-order valence-electron chi connectivity index (χ4n) is 2.04. The highest BCUT2D eigenvalue weighted by Crippen LogP contribution is 2.41. The number of carbonyl (C=O) groups excluding carboxylic acids is 1. The molecule has 0 aliphatic rings. The molecule has 0 aliphatic carbocycles. The molecule has 5 heteroatoms. The van der Waals surface area contributed by atoms with Gasteiger partial charge in [0, 0.05) is 14.9 Å². The standard InChI is InChI=1S/C15H16BrNO2S/c1-3-9-12(17)14(15(18)19-4-2)20-13(9)10-7-5-6-8-11(10)16/h5-8H,3-4,17H2,1-2H3. The first-order valence-electron chi connectivity index (χ1n) is 6.43. The van der Waals surface area contributed by atoms with Gasteiger partial charge in [-0.05, 0) is 25.0 Å². The van der Waals surface area contributed by atoms with E-state index in [1.54, 1.807) is 6.92 Å². The van der Waals surface area contributed by atoms with Gasteiger partial charge in [0.2, 0.25) is 0 Å². The largest absolute Gasteiger partial charge is 0.462 e. The average Bonchev–Trinajstić information content (AvgIpc) is 2.76. The van der Waals surface area contributed by atoms with Crippen LogP contribution in [0.3, 0.4) is 0 Å². The van der Waals surface area contributed by atoms with Crippen LogP contribution < -0.4 is 5.73 Å². The molecule has 106 valence electrons. The first kappa shape index (κ1) is 15.1. The van der Waals surface area contributed by atoms with Crippen LogP contribution in [0.15, 0.2) is 28.7 Å². The lowest BCUT2D eigenvalue weighted by Crippen LogP contribution is -2.05. The van der Waals surface area contributed by atoms with E-state index in [2.05, 4.69) is 15.9 Å². The highest BCUT2D eigenvalue weighted by molar-refractivity contribution is 9.10. The van der Waals surface area contributed by atoms with Crippen LogP contribution in [-0.2, 0) is 11.2 Å². The molecule has 1 heterocycles. The predicted molar refractivity (Wildman–Crippen MR) is 87.2 cm³/mol. The molecule has 0 fully saturated rings. The van der Waals surface area contributed by atoms with Crippen LogP contribution in [0.4, 0.5) is 5.69 Å². The van der Waals surface area contributed by atoms with Gasteiger partial charge in [-0.1, -0.05) is 41.1 Å². The van der Waals surface area contributed by atoms with Crippen LogP contribution >= 0.6 is 27.3 Å². The number of esters is 1. The quantitative estimate of drug-likeness (QED) is 0.823. The van der Waals surface area contributed by atoms with Gasteiger partial charge in [0.1, 0.15) is 4.88 Å². The van der Waals surface area contributed by atoms with Crippen molar-refractivity contribution >= 4 is 38.9 Å². The molecule has 0 aliphatic heterocycles. The molecular formula is C15H16BrNO2S. The van der Waals surface area contributed by atoms with Crippen LogP contribution in [0, 0.1) is 0 Å². The number of ether oxygens (including phenoxy) is 1. The van der Waals surface area contributed by atoms with E-state index in [4.69, 9.17) is 10.5 Å². The van der Waals surface area contributed by atoms with Gasteiger partial charge in [0.05, 0.1) is 12.3 Å². The molecule has 0 amide bonds. The molecule has 0 spiro atoms. The van der Waals surface area contributed by atoms with Crippen molar-refractivity contribution in [3.63, 3.8) is 0 Å². The minimum Gasteiger partial charge on any atom is -0.462 e. The molecule has 0 unspecified atom stereocenters. The molecule has 20 heavy (non-hydrogen) atoms. The molecule has 0 saturated heterocycles. The number of rotatable bonds is 4. The molecule has 3 nitrogen and oxygen atoms in total. The molecule has 0 saturated carbocycles. The van der Waals surface area contributed by atoms with Crippen LogP contribution in [0.5, 0.6) is 0 Å². The number of thiophene rings is 1. The summed E-state index contributed by atoms with van der Waals surface area (Å²) in [5, 5.41) is 0. The highest BCUT2D eigenvalue weighted by Gasteiger charge is 2.22. The Morgan fingerprint density at radius 2 is 2.05 bits per heavy atom. The van der Waals surface area contributed by atoms with Crippen molar-refractivity contribution in [1.29, 1.82) is 0 Å². The SMILES string of the molecule is CCOC(=O)c1sc(-c2ccccc2Br)c(CC)c1N. The van der Waals surface area contributed by atoms with Crippen LogP contribution in [0.2, 0.25) is 0 Å². The summed E-state index contributed by atoms with van der Waals surface area (Å²) in [5.74, 6) is -0.344. The Morgan fingerprint density at radius 1 is 1.35 bits per heavy atom. The summed E-state index contributed by atoms with van der Waals surface area (Å²) < 4.78 is 6.06. The van der Waals surface area contributed by atoms with Crippen molar-refractivity contribution in [1.82, 2.24) is 0 Å². The molecular weight excluding hydrogens is 338 g/mol. The number of hydrogen-bond acceptors (Lipinski definition) is 4. The van der Waals surface area contributed by atoms with Crippen molar-refractivity contribution in [2.45, 2.75) is 20.3 Å². The van der Waals surface area contributed by atoms with Gasteiger partial charge in [-0.3, -0.25) is 0 Å². The lowest BCUT2D eigenvalue weighted by Gasteiger charge is -2.04. The van der Waals surface area contributed by atoms with Gasteiger partial charge in [-0.2, -0.15) is 0 Å².